The van der Waals surface area contributed by atoms with E-state index in [1.54, 1.807) is 0 Å². The molecule has 2 N–H and O–H groups in total. The van der Waals surface area contributed by atoms with Crippen LogP contribution >= 0.6 is 0 Å². The monoisotopic (exact) mass is 320 g/mol. The first kappa shape index (κ1) is 17.8. The first-order valence-electron chi connectivity index (χ1n) is 8.32. The lowest BCUT2D eigenvalue weighted by atomic mass is 10.1. The molecule has 0 unspecified atom stereocenters. The highest BCUT2D eigenvalue weighted by Crippen LogP contribution is 2.13. The molecule has 2 rings (SSSR count). The Labute approximate surface area is 138 Å². The van der Waals surface area contributed by atoms with Crippen LogP contribution in [-0.4, -0.2) is 37.5 Å². The van der Waals surface area contributed by atoms with E-state index in [0.717, 1.165) is 44.7 Å². The Balaban J connectivity index is 1.72. The normalized spacial score (nSPS) is 16.1. The second-order valence-electron chi connectivity index (χ2n) is 6.91. The van der Waals surface area contributed by atoms with Crippen LogP contribution in [0.5, 0.6) is 0 Å². The number of carbonyl (C=O) groups excluding carboxylic acids is 1. The number of rotatable bonds is 5. The standard InChI is InChI=1S/C18H28N2O3/c1-18(2,3)23-17(21)20-16-6-4-14(5-7-16)8-11-19-15-9-12-22-13-10-15/h4-7,15,19H,8-13H2,1-3H3,(H,20,21). The number of amides is 1. The zero-order chi connectivity index (χ0) is 16.7. The summed E-state index contributed by atoms with van der Waals surface area (Å²) in [4.78, 5) is 11.7. The average molecular weight is 320 g/mol. The summed E-state index contributed by atoms with van der Waals surface area (Å²) in [6.45, 7) is 8.23. The molecule has 0 spiro atoms. The van der Waals surface area contributed by atoms with E-state index in [1.807, 2.05) is 45.0 Å². The number of hydrogen-bond donors (Lipinski definition) is 2. The number of anilines is 1. The number of nitrogens with one attached hydrogen (secondary N) is 2. The largest absolute Gasteiger partial charge is 0.444 e. The summed E-state index contributed by atoms with van der Waals surface area (Å²) in [7, 11) is 0. The highest BCUT2D eigenvalue weighted by atomic mass is 16.6. The smallest absolute Gasteiger partial charge is 0.412 e. The molecule has 0 aliphatic carbocycles. The molecular weight excluding hydrogens is 292 g/mol. The van der Waals surface area contributed by atoms with Gasteiger partial charge in [-0.25, -0.2) is 4.79 Å². The van der Waals surface area contributed by atoms with Gasteiger partial charge >= 0.3 is 6.09 Å². The Bertz CT molecular complexity index is 488. The molecule has 1 aliphatic rings. The Hall–Kier alpha value is -1.59. The molecule has 1 fully saturated rings. The molecule has 1 heterocycles. The van der Waals surface area contributed by atoms with Gasteiger partial charge in [0.05, 0.1) is 0 Å². The van der Waals surface area contributed by atoms with Crippen molar-refractivity contribution in [1.29, 1.82) is 0 Å². The van der Waals surface area contributed by atoms with Gasteiger partial charge in [-0.3, -0.25) is 5.32 Å². The lowest BCUT2D eigenvalue weighted by Gasteiger charge is -2.23. The van der Waals surface area contributed by atoms with E-state index in [-0.39, 0.29) is 0 Å². The maximum atomic E-state index is 11.7. The summed E-state index contributed by atoms with van der Waals surface area (Å²) < 4.78 is 10.6. The van der Waals surface area contributed by atoms with Gasteiger partial charge in [-0.05, 0) is 64.3 Å². The lowest BCUT2D eigenvalue weighted by molar-refractivity contribution is 0.0636. The average Bonchev–Trinajstić information content (AvgIpc) is 2.48. The number of carbonyl (C=O) groups is 1. The second kappa shape index (κ2) is 8.31. The van der Waals surface area contributed by atoms with Gasteiger partial charge in [-0.1, -0.05) is 12.1 Å². The third kappa shape index (κ3) is 7.01. The van der Waals surface area contributed by atoms with Gasteiger partial charge in [0.2, 0.25) is 0 Å². The Kier molecular flexibility index (Phi) is 6.42. The Morgan fingerprint density at radius 3 is 2.48 bits per heavy atom. The zero-order valence-electron chi connectivity index (χ0n) is 14.4. The molecule has 0 aromatic heterocycles. The van der Waals surface area contributed by atoms with Crippen molar-refractivity contribution >= 4 is 11.8 Å². The molecule has 5 heteroatoms. The van der Waals surface area contributed by atoms with Gasteiger partial charge in [0.15, 0.2) is 0 Å². The summed E-state index contributed by atoms with van der Waals surface area (Å²) in [5.74, 6) is 0. The zero-order valence-corrected chi connectivity index (χ0v) is 14.4. The Morgan fingerprint density at radius 2 is 1.87 bits per heavy atom. The first-order valence-corrected chi connectivity index (χ1v) is 8.32. The van der Waals surface area contributed by atoms with Gasteiger partial charge in [0, 0.05) is 24.9 Å². The van der Waals surface area contributed by atoms with Gasteiger partial charge in [0.1, 0.15) is 5.60 Å². The van der Waals surface area contributed by atoms with E-state index in [2.05, 4.69) is 10.6 Å². The summed E-state index contributed by atoms with van der Waals surface area (Å²) in [6, 6.07) is 8.48. The fraction of sp³-hybridized carbons (Fsp3) is 0.611. The van der Waals surface area contributed by atoms with E-state index in [1.165, 1.54) is 5.56 Å². The summed E-state index contributed by atoms with van der Waals surface area (Å²) in [5.41, 5.74) is 1.51. The van der Waals surface area contributed by atoms with Crippen LogP contribution in [0.3, 0.4) is 0 Å². The SMILES string of the molecule is CC(C)(C)OC(=O)Nc1ccc(CCNC2CCOCC2)cc1. The molecule has 0 saturated carbocycles. The van der Waals surface area contributed by atoms with Crippen LogP contribution in [0.1, 0.15) is 39.2 Å². The minimum absolute atomic E-state index is 0.425. The minimum Gasteiger partial charge on any atom is -0.444 e. The van der Waals surface area contributed by atoms with Gasteiger partial charge in [-0.2, -0.15) is 0 Å². The van der Waals surface area contributed by atoms with Crippen molar-refractivity contribution in [3.8, 4) is 0 Å². The highest BCUT2D eigenvalue weighted by Gasteiger charge is 2.16. The molecule has 23 heavy (non-hydrogen) atoms. The maximum absolute atomic E-state index is 11.7. The van der Waals surface area contributed by atoms with Crippen molar-refractivity contribution in [2.24, 2.45) is 0 Å². The highest BCUT2D eigenvalue weighted by molar-refractivity contribution is 5.84. The molecule has 5 nitrogen and oxygen atoms in total. The number of ether oxygens (including phenoxy) is 2. The quantitative estimate of drug-likeness (QED) is 0.873. The second-order valence-corrected chi connectivity index (χ2v) is 6.91. The third-order valence-corrected chi connectivity index (χ3v) is 3.67. The van der Waals surface area contributed by atoms with Crippen LogP contribution in [0.25, 0.3) is 0 Å². The van der Waals surface area contributed by atoms with Crippen molar-refractivity contribution in [1.82, 2.24) is 5.32 Å². The summed E-state index contributed by atoms with van der Waals surface area (Å²) in [5, 5.41) is 6.32. The maximum Gasteiger partial charge on any atom is 0.412 e. The first-order chi connectivity index (χ1) is 10.9. The molecule has 0 radical (unpaired) electrons. The van der Waals surface area contributed by atoms with Gasteiger partial charge < -0.3 is 14.8 Å². The molecule has 128 valence electrons. The predicted molar refractivity (Wildman–Crippen MR) is 91.8 cm³/mol. The van der Waals surface area contributed by atoms with Gasteiger partial charge in [0.25, 0.3) is 0 Å². The summed E-state index contributed by atoms with van der Waals surface area (Å²) >= 11 is 0. The molecular formula is C18H28N2O3. The molecule has 1 saturated heterocycles. The summed E-state index contributed by atoms with van der Waals surface area (Å²) in [6.07, 6.45) is 2.74. The molecule has 0 bridgehead atoms. The minimum atomic E-state index is -0.486. The van der Waals surface area contributed by atoms with Crippen molar-refractivity contribution < 1.29 is 14.3 Å². The van der Waals surface area contributed by atoms with E-state index in [9.17, 15) is 4.79 Å². The van der Waals surface area contributed by atoms with Crippen LogP contribution in [-0.2, 0) is 15.9 Å². The van der Waals surface area contributed by atoms with Crippen LogP contribution in [0.2, 0.25) is 0 Å². The number of hydrogen-bond acceptors (Lipinski definition) is 4. The third-order valence-electron chi connectivity index (χ3n) is 3.67. The lowest BCUT2D eigenvalue weighted by Crippen LogP contribution is -2.35. The molecule has 1 aliphatic heterocycles. The van der Waals surface area contributed by atoms with Crippen LogP contribution in [0.4, 0.5) is 10.5 Å². The van der Waals surface area contributed by atoms with E-state index in [0.29, 0.717) is 6.04 Å². The van der Waals surface area contributed by atoms with E-state index < -0.39 is 11.7 Å². The van der Waals surface area contributed by atoms with Crippen LogP contribution in [0, 0.1) is 0 Å². The molecule has 1 aromatic carbocycles. The fourth-order valence-electron chi connectivity index (χ4n) is 2.50. The van der Waals surface area contributed by atoms with Crippen molar-refractivity contribution in [3.05, 3.63) is 29.8 Å². The molecule has 1 aromatic rings. The van der Waals surface area contributed by atoms with Crippen LogP contribution in [0.15, 0.2) is 24.3 Å². The fourth-order valence-corrected chi connectivity index (χ4v) is 2.50. The number of benzene rings is 1. The van der Waals surface area contributed by atoms with Crippen LogP contribution < -0.4 is 10.6 Å². The molecule has 1 amide bonds. The Morgan fingerprint density at radius 1 is 1.22 bits per heavy atom. The van der Waals surface area contributed by atoms with Crippen molar-refractivity contribution in [3.63, 3.8) is 0 Å². The van der Waals surface area contributed by atoms with E-state index in [4.69, 9.17) is 9.47 Å². The van der Waals surface area contributed by atoms with Crippen molar-refractivity contribution in [2.75, 3.05) is 25.1 Å². The van der Waals surface area contributed by atoms with Gasteiger partial charge in [-0.15, -0.1) is 0 Å². The predicted octanol–water partition coefficient (Wildman–Crippen LogP) is 3.34. The van der Waals surface area contributed by atoms with E-state index >= 15 is 0 Å². The molecule has 0 atom stereocenters. The topological polar surface area (TPSA) is 59.6 Å². The van der Waals surface area contributed by atoms with Crippen molar-refractivity contribution in [2.45, 2.75) is 51.7 Å².